The lowest BCUT2D eigenvalue weighted by Gasteiger charge is -2.31. The highest BCUT2D eigenvalue weighted by atomic mass is 35.5. The van der Waals surface area contributed by atoms with Crippen LogP contribution in [0.4, 0.5) is 0 Å². The fourth-order valence-electron chi connectivity index (χ4n) is 3.99. The maximum absolute atomic E-state index is 12.8. The molecule has 1 aromatic heterocycles. The van der Waals surface area contributed by atoms with Gasteiger partial charge >= 0.3 is 0 Å². The van der Waals surface area contributed by atoms with Crippen molar-refractivity contribution in [3.05, 3.63) is 63.9 Å². The second-order valence-corrected chi connectivity index (χ2v) is 6.88. The van der Waals surface area contributed by atoms with E-state index in [9.17, 15) is 4.79 Å². The van der Waals surface area contributed by atoms with Gasteiger partial charge in [0.15, 0.2) is 5.78 Å². The quantitative estimate of drug-likeness (QED) is 0.870. The number of rotatable bonds is 1. The molecule has 0 spiro atoms. The number of carbonyl (C=O) groups excluding carboxylic acids is 1. The minimum absolute atomic E-state index is 0.146. The van der Waals surface area contributed by atoms with Crippen molar-refractivity contribution < 1.29 is 4.79 Å². The molecule has 1 aliphatic heterocycles. The average Bonchev–Trinajstić information content (AvgIpc) is 2.70. The molecule has 3 nitrogen and oxygen atoms in total. The van der Waals surface area contributed by atoms with Crippen molar-refractivity contribution in [2.45, 2.75) is 25.2 Å². The van der Waals surface area contributed by atoms with E-state index in [1.165, 1.54) is 0 Å². The number of piperidine rings is 1. The molecule has 1 atom stereocenters. The van der Waals surface area contributed by atoms with Crippen LogP contribution in [0.3, 0.4) is 0 Å². The molecule has 0 saturated carbocycles. The summed E-state index contributed by atoms with van der Waals surface area (Å²) in [7, 11) is 0. The monoisotopic (exact) mass is 326 g/mol. The third kappa shape index (κ3) is 2.68. The normalized spacial score (nSPS) is 21.4. The first-order valence-electron chi connectivity index (χ1n) is 8.21. The molecule has 1 aromatic carbocycles. The van der Waals surface area contributed by atoms with E-state index in [1.54, 1.807) is 0 Å². The summed E-state index contributed by atoms with van der Waals surface area (Å²) < 4.78 is 0. The first kappa shape index (κ1) is 14.9. The molecule has 2 aliphatic rings. The fraction of sp³-hybridized carbons (Fsp3) is 0.368. The number of aromatic nitrogens is 1. The van der Waals surface area contributed by atoms with Crippen LogP contribution >= 0.6 is 11.6 Å². The summed E-state index contributed by atoms with van der Waals surface area (Å²) in [6.07, 6.45) is 4.48. The van der Waals surface area contributed by atoms with Gasteiger partial charge < -0.3 is 5.32 Å². The highest BCUT2D eigenvalue weighted by molar-refractivity contribution is 6.31. The van der Waals surface area contributed by atoms with Gasteiger partial charge in [-0.15, -0.1) is 0 Å². The molecule has 23 heavy (non-hydrogen) atoms. The molecule has 1 unspecified atom stereocenters. The van der Waals surface area contributed by atoms with Gasteiger partial charge in [-0.25, -0.2) is 0 Å². The Labute approximate surface area is 141 Å². The largest absolute Gasteiger partial charge is 0.317 e. The van der Waals surface area contributed by atoms with E-state index < -0.39 is 0 Å². The van der Waals surface area contributed by atoms with Crippen molar-refractivity contribution in [1.29, 1.82) is 0 Å². The lowest BCUT2D eigenvalue weighted by molar-refractivity contribution is 0.0993. The van der Waals surface area contributed by atoms with Gasteiger partial charge in [-0.05, 0) is 61.2 Å². The number of Topliss-reactive ketones (excluding diaryl/α,β-unsaturated/α-hetero) is 1. The Bertz CT molecular complexity index is 753. The van der Waals surface area contributed by atoms with E-state index in [2.05, 4.69) is 10.3 Å². The Morgan fingerprint density at radius 3 is 2.83 bits per heavy atom. The molecule has 2 aromatic rings. The predicted octanol–water partition coefficient (Wildman–Crippen LogP) is 3.61. The molecule has 118 valence electrons. The van der Waals surface area contributed by atoms with Crippen LogP contribution in [0, 0.1) is 5.92 Å². The summed E-state index contributed by atoms with van der Waals surface area (Å²) >= 11 is 6.16. The minimum atomic E-state index is 0.146. The van der Waals surface area contributed by atoms with Crippen LogP contribution in [0.1, 0.15) is 45.9 Å². The molecular weight excluding hydrogens is 308 g/mol. The number of hydrogen-bond donors (Lipinski definition) is 1. The topological polar surface area (TPSA) is 42.0 Å². The summed E-state index contributed by atoms with van der Waals surface area (Å²) in [5.74, 6) is 0.843. The zero-order valence-corrected chi connectivity index (χ0v) is 13.6. The zero-order valence-electron chi connectivity index (χ0n) is 12.9. The number of benzene rings is 1. The third-order valence-corrected chi connectivity index (χ3v) is 5.31. The first-order valence-corrected chi connectivity index (χ1v) is 8.59. The van der Waals surface area contributed by atoms with E-state index >= 15 is 0 Å². The Kier molecular flexibility index (Phi) is 3.92. The molecule has 0 amide bonds. The smallest absolute Gasteiger partial charge is 0.167 e. The SMILES string of the molecule is O=C1Cc2cccnc2C(C2CCNCC2)c2ccc(Cl)cc21. The summed E-state index contributed by atoms with van der Waals surface area (Å²) in [5.41, 5.74) is 4.02. The number of fused-ring (bicyclic) bond motifs is 2. The van der Waals surface area contributed by atoms with Crippen LogP contribution in [0.25, 0.3) is 0 Å². The maximum atomic E-state index is 12.8. The van der Waals surface area contributed by atoms with E-state index in [0.717, 1.165) is 48.3 Å². The van der Waals surface area contributed by atoms with E-state index in [4.69, 9.17) is 11.6 Å². The van der Waals surface area contributed by atoms with Gasteiger partial charge in [0.25, 0.3) is 0 Å². The van der Waals surface area contributed by atoms with Crippen molar-refractivity contribution >= 4 is 17.4 Å². The predicted molar refractivity (Wildman–Crippen MR) is 91.2 cm³/mol. The van der Waals surface area contributed by atoms with Gasteiger partial charge in [-0.3, -0.25) is 9.78 Å². The van der Waals surface area contributed by atoms with Gasteiger partial charge in [0.2, 0.25) is 0 Å². The summed E-state index contributed by atoms with van der Waals surface area (Å²) in [6, 6.07) is 9.73. The number of halogens is 1. The average molecular weight is 327 g/mol. The molecule has 1 N–H and O–H groups in total. The molecular formula is C19H19ClN2O. The molecule has 0 bridgehead atoms. The Morgan fingerprint density at radius 1 is 1.17 bits per heavy atom. The van der Waals surface area contributed by atoms with Crippen molar-refractivity contribution in [3.63, 3.8) is 0 Å². The van der Waals surface area contributed by atoms with E-state index in [-0.39, 0.29) is 11.7 Å². The number of nitrogens with zero attached hydrogens (tertiary/aromatic N) is 1. The molecule has 4 rings (SSSR count). The van der Waals surface area contributed by atoms with Crippen LogP contribution in [-0.2, 0) is 6.42 Å². The van der Waals surface area contributed by atoms with Crippen molar-refractivity contribution in [1.82, 2.24) is 10.3 Å². The third-order valence-electron chi connectivity index (χ3n) is 5.08. The Balaban J connectivity index is 1.91. The van der Waals surface area contributed by atoms with Crippen molar-refractivity contribution in [2.24, 2.45) is 5.92 Å². The lowest BCUT2D eigenvalue weighted by Crippen LogP contribution is -2.32. The van der Waals surface area contributed by atoms with Crippen LogP contribution in [0.15, 0.2) is 36.5 Å². The number of carbonyl (C=O) groups is 1. The van der Waals surface area contributed by atoms with Crippen LogP contribution in [0.2, 0.25) is 5.02 Å². The van der Waals surface area contributed by atoms with Gasteiger partial charge in [0.05, 0.1) is 5.69 Å². The standard InChI is InChI=1S/C19H19ClN2O/c20-14-3-4-15-16(11-14)17(23)10-13-2-1-7-22-19(13)18(15)12-5-8-21-9-6-12/h1-4,7,11-12,18,21H,5-6,8-10H2. The number of nitrogens with one attached hydrogen (secondary N) is 1. The molecule has 4 heteroatoms. The number of hydrogen-bond acceptors (Lipinski definition) is 3. The van der Waals surface area contributed by atoms with Crippen molar-refractivity contribution in [2.75, 3.05) is 13.1 Å². The van der Waals surface area contributed by atoms with E-state index in [1.807, 2.05) is 36.5 Å². The highest BCUT2D eigenvalue weighted by Crippen LogP contribution is 2.41. The van der Waals surface area contributed by atoms with Gasteiger partial charge in [-0.1, -0.05) is 23.7 Å². The van der Waals surface area contributed by atoms with Gasteiger partial charge in [-0.2, -0.15) is 0 Å². The fourth-order valence-corrected chi connectivity index (χ4v) is 4.16. The molecule has 0 radical (unpaired) electrons. The zero-order chi connectivity index (χ0) is 15.8. The number of ketones is 1. The Morgan fingerprint density at radius 2 is 2.00 bits per heavy atom. The summed E-state index contributed by atoms with van der Waals surface area (Å²) in [5, 5.41) is 4.05. The molecule has 1 aliphatic carbocycles. The Hall–Kier alpha value is -1.71. The summed E-state index contributed by atoms with van der Waals surface area (Å²) in [6.45, 7) is 2.06. The van der Waals surface area contributed by atoms with Crippen LogP contribution in [-0.4, -0.2) is 23.9 Å². The summed E-state index contributed by atoms with van der Waals surface area (Å²) in [4.78, 5) is 17.4. The minimum Gasteiger partial charge on any atom is -0.317 e. The van der Waals surface area contributed by atoms with Crippen molar-refractivity contribution in [3.8, 4) is 0 Å². The molecule has 1 saturated heterocycles. The highest BCUT2D eigenvalue weighted by Gasteiger charge is 2.34. The van der Waals surface area contributed by atoms with Crippen LogP contribution in [0.5, 0.6) is 0 Å². The molecule has 2 heterocycles. The second kappa shape index (κ2) is 6.06. The van der Waals surface area contributed by atoms with Gasteiger partial charge in [0, 0.05) is 29.1 Å². The van der Waals surface area contributed by atoms with Gasteiger partial charge in [0.1, 0.15) is 0 Å². The lowest BCUT2D eigenvalue weighted by atomic mass is 9.77. The van der Waals surface area contributed by atoms with Crippen LogP contribution < -0.4 is 5.32 Å². The maximum Gasteiger partial charge on any atom is 0.167 e. The van der Waals surface area contributed by atoms with E-state index in [0.29, 0.717) is 17.4 Å². The molecule has 1 fully saturated rings. The number of pyridine rings is 1. The second-order valence-electron chi connectivity index (χ2n) is 6.44. The first-order chi connectivity index (χ1) is 11.2.